The molecule has 29 heavy (non-hydrogen) atoms. The van der Waals surface area contributed by atoms with Crippen LogP contribution in [0.2, 0.25) is 0 Å². The monoisotopic (exact) mass is 385 g/mol. The van der Waals surface area contributed by atoms with Gasteiger partial charge in [-0.2, -0.15) is 15.3 Å². The zero-order valence-electron chi connectivity index (χ0n) is 17.1. The number of nitrogen functional groups attached to an aromatic ring is 1. The Morgan fingerprint density at radius 1 is 0.793 bits per heavy atom. The zero-order valence-corrected chi connectivity index (χ0v) is 17.1. The Labute approximate surface area is 171 Å². The predicted octanol–water partition coefficient (Wildman–Crippen LogP) is 7.87. The van der Waals surface area contributed by atoms with E-state index >= 15 is 0 Å². The second kappa shape index (κ2) is 8.52. The van der Waals surface area contributed by atoms with Crippen molar-refractivity contribution in [3.05, 3.63) is 59.7 Å². The summed E-state index contributed by atoms with van der Waals surface area (Å²) < 4.78 is 0. The van der Waals surface area contributed by atoms with Crippen LogP contribution in [-0.4, -0.2) is 6.04 Å². The first-order valence-corrected chi connectivity index (χ1v) is 10.3. The predicted molar refractivity (Wildman–Crippen MR) is 120 cm³/mol. The van der Waals surface area contributed by atoms with Crippen molar-refractivity contribution >= 4 is 33.5 Å². The summed E-state index contributed by atoms with van der Waals surface area (Å²) in [6, 6.07) is 16.3. The van der Waals surface area contributed by atoms with Crippen LogP contribution in [-0.2, 0) is 0 Å². The maximum Gasteiger partial charge on any atom is 0.0936 e. The summed E-state index contributed by atoms with van der Waals surface area (Å²) in [5, 5.41) is 20.2. The molecule has 0 atom stereocenters. The summed E-state index contributed by atoms with van der Waals surface area (Å²) in [4.78, 5) is 0. The molecule has 5 heteroatoms. The Hall–Kier alpha value is -3.08. The standard InChI is InChI=1S/C24H27N5/c1-16-14-19(15-22(25)17(16)2)27-29-24-13-12-23(20-10-6-7-11-21(20)24)28-26-18-8-4-3-5-9-18/h6-7,10-15,18H,3-5,8-9,25H2,1-2H3. The molecular weight excluding hydrogens is 358 g/mol. The minimum absolute atomic E-state index is 0.358. The number of fused-ring (bicyclic) bond motifs is 1. The van der Waals surface area contributed by atoms with Gasteiger partial charge in [-0.3, -0.25) is 0 Å². The van der Waals surface area contributed by atoms with Crippen molar-refractivity contribution in [3.8, 4) is 0 Å². The second-order valence-corrected chi connectivity index (χ2v) is 7.83. The van der Waals surface area contributed by atoms with Crippen molar-refractivity contribution in [2.75, 3.05) is 5.73 Å². The molecule has 0 saturated heterocycles. The molecule has 2 N–H and O–H groups in total. The van der Waals surface area contributed by atoms with Gasteiger partial charge in [-0.25, -0.2) is 0 Å². The highest BCUT2D eigenvalue weighted by Crippen LogP contribution is 2.35. The number of hydrogen-bond donors (Lipinski definition) is 1. The first-order valence-electron chi connectivity index (χ1n) is 10.3. The minimum atomic E-state index is 0.358. The lowest BCUT2D eigenvalue weighted by Gasteiger charge is -2.16. The average molecular weight is 386 g/mol. The molecule has 0 heterocycles. The SMILES string of the molecule is Cc1cc(N=Nc2ccc(N=NC3CCCCC3)c3ccccc23)cc(N)c1C. The van der Waals surface area contributed by atoms with Crippen LogP contribution in [0.15, 0.2) is 69.0 Å². The molecule has 0 aromatic heterocycles. The Morgan fingerprint density at radius 3 is 2.10 bits per heavy atom. The third-order valence-corrected chi connectivity index (χ3v) is 5.75. The van der Waals surface area contributed by atoms with Gasteiger partial charge in [0.15, 0.2) is 0 Å². The minimum Gasteiger partial charge on any atom is -0.398 e. The van der Waals surface area contributed by atoms with Gasteiger partial charge in [-0.1, -0.05) is 43.5 Å². The van der Waals surface area contributed by atoms with Gasteiger partial charge < -0.3 is 5.73 Å². The number of aryl methyl sites for hydroxylation is 1. The Balaban J connectivity index is 1.65. The molecule has 1 aliphatic rings. The molecule has 4 rings (SSSR count). The molecule has 148 valence electrons. The van der Waals surface area contributed by atoms with Crippen LogP contribution in [0.1, 0.15) is 43.2 Å². The molecule has 5 nitrogen and oxygen atoms in total. The topological polar surface area (TPSA) is 75.5 Å². The van der Waals surface area contributed by atoms with Gasteiger partial charge in [0.2, 0.25) is 0 Å². The van der Waals surface area contributed by atoms with Gasteiger partial charge in [0.05, 0.1) is 23.1 Å². The number of azo groups is 2. The number of benzene rings is 3. The molecular formula is C24H27N5. The first kappa shape index (κ1) is 19.2. The molecule has 0 amide bonds. The number of anilines is 1. The van der Waals surface area contributed by atoms with E-state index in [1.54, 1.807) is 0 Å². The Kier molecular flexibility index (Phi) is 5.65. The molecule has 0 unspecified atom stereocenters. The number of rotatable bonds is 4. The summed E-state index contributed by atoms with van der Waals surface area (Å²) >= 11 is 0. The maximum atomic E-state index is 6.07. The second-order valence-electron chi connectivity index (χ2n) is 7.83. The highest BCUT2D eigenvalue weighted by atomic mass is 15.1. The molecule has 0 bridgehead atoms. The van der Waals surface area contributed by atoms with Crippen molar-refractivity contribution in [2.45, 2.75) is 52.0 Å². The van der Waals surface area contributed by atoms with Gasteiger partial charge >= 0.3 is 0 Å². The lowest BCUT2D eigenvalue weighted by atomic mass is 9.96. The summed E-state index contributed by atoms with van der Waals surface area (Å²) in [5.41, 5.74) is 11.5. The normalized spacial score (nSPS) is 15.7. The largest absolute Gasteiger partial charge is 0.398 e. The van der Waals surface area contributed by atoms with E-state index in [0.29, 0.717) is 6.04 Å². The van der Waals surface area contributed by atoms with Crippen molar-refractivity contribution < 1.29 is 0 Å². The summed E-state index contributed by atoms with van der Waals surface area (Å²) in [7, 11) is 0. The Morgan fingerprint density at radius 2 is 1.45 bits per heavy atom. The smallest absolute Gasteiger partial charge is 0.0936 e. The summed E-state index contributed by atoms with van der Waals surface area (Å²) in [6.07, 6.45) is 6.12. The van der Waals surface area contributed by atoms with E-state index in [1.807, 2.05) is 50.2 Å². The van der Waals surface area contributed by atoms with Crippen LogP contribution in [0.4, 0.5) is 22.7 Å². The highest BCUT2D eigenvalue weighted by Gasteiger charge is 2.12. The molecule has 0 spiro atoms. The van der Waals surface area contributed by atoms with E-state index in [0.717, 1.165) is 57.5 Å². The molecule has 1 fully saturated rings. The quantitative estimate of drug-likeness (QED) is 0.360. The van der Waals surface area contributed by atoms with Crippen LogP contribution in [0.25, 0.3) is 10.8 Å². The van der Waals surface area contributed by atoms with Crippen molar-refractivity contribution in [2.24, 2.45) is 20.5 Å². The van der Waals surface area contributed by atoms with Crippen LogP contribution >= 0.6 is 0 Å². The summed E-state index contributed by atoms with van der Waals surface area (Å²) in [6.45, 7) is 4.05. The molecule has 1 aliphatic carbocycles. The first-order chi connectivity index (χ1) is 14.1. The van der Waals surface area contributed by atoms with Gasteiger partial charge in [-0.05, 0) is 62.1 Å². The van der Waals surface area contributed by atoms with Crippen LogP contribution in [0, 0.1) is 13.8 Å². The van der Waals surface area contributed by atoms with E-state index < -0.39 is 0 Å². The van der Waals surface area contributed by atoms with Gasteiger partial charge in [0, 0.05) is 16.5 Å². The van der Waals surface area contributed by atoms with Crippen LogP contribution in [0.5, 0.6) is 0 Å². The van der Waals surface area contributed by atoms with Crippen LogP contribution in [0.3, 0.4) is 0 Å². The average Bonchev–Trinajstić information content (AvgIpc) is 2.75. The fraction of sp³-hybridized carbons (Fsp3) is 0.333. The van der Waals surface area contributed by atoms with E-state index in [4.69, 9.17) is 5.73 Å². The number of nitrogens with two attached hydrogens (primary N) is 1. The molecule has 3 aromatic carbocycles. The molecule has 0 radical (unpaired) electrons. The highest BCUT2D eigenvalue weighted by molar-refractivity contribution is 5.99. The van der Waals surface area contributed by atoms with Gasteiger partial charge in [0.1, 0.15) is 0 Å². The van der Waals surface area contributed by atoms with E-state index in [-0.39, 0.29) is 0 Å². The van der Waals surface area contributed by atoms with E-state index in [2.05, 4.69) is 32.6 Å². The lowest BCUT2D eigenvalue weighted by molar-refractivity contribution is 0.432. The van der Waals surface area contributed by atoms with E-state index in [9.17, 15) is 0 Å². The van der Waals surface area contributed by atoms with Crippen LogP contribution < -0.4 is 5.73 Å². The molecule has 0 aliphatic heterocycles. The molecule has 1 saturated carbocycles. The van der Waals surface area contributed by atoms with Gasteiger partial charge in [-0.15, -0.1) is 5.11 Å². The van der Waals surface area contributed by atoms with Crippen molar-refractivity contribution in [3.63, 3.8) is 0 Å². The zero-order chi connectivity index (χ0) is 20.2. The fourth-order valence-corrected chi connectivity index (χ4v) is 3.82. The Bertz CT molecular complexity index is 1050. The van der Waals surface area contributed by atoms with E-state index in [1.165, 1.54) is 19.3 Å². The number of hydrogen-bond acceptors (Lipinski definition) is 5. The summed E-state index contributed by atoms with van der Waals surface area (Å²) in [5.74, 6) is 0. The maximum absolute atomic E-state index is 6.07. The number of nitrogens with zero attached hydrogens (tertiary/aromatic N) is 4. The van der Waals surface area contributed by atoms with Gasteiger partial charge in [0.25, 0.3) is 0 Å². The van der Waals surface area contributed by atoms with Crippen molar-refractivity contribution in [1.82, 2.24) is 0 Å². The fourth-order valence-electron chi connectivity index (χ4n) is 3.82. The third-order valence-electron chi connectivity index (χ3n) is 5.75. The lowest BCUT2D eigenvalue weighted by Crippen LogP contribution is -2.08. The van der Waals surface area contributed by atoms with Crippen molar-refractivity contribution in [1.29, 1.82) is 0 Å². The molecule has 3 aromatic rings. The third kappa shape index (κ3) is 4.34.